The topological polar surface area (TPSA) is 54.4 Å². The second kappa shape index (κ2) is 5.98. The summed E-state index contributed by atoms with van der Waals surface area (Å²) >= 11 is 0. The largest absolute Gasteiger partial charge is 0.391 e. The molecule has 3 atom stereocenters. The van der Waals surface area contributed by atoms with Crippen LogP contribution in [0.1, 0.15) is 32.6 Å². The van der Waals surface area contributed by atoms with Gasteiger partial charge in [-0.25, -0.2) is 0 Å². The maximum absolute atomic E-state index is 11.6. The van der Waals surface area contributed by atoms with E-state index in [1.165, 1.54) is 0 Å². The zero-order chi connectivity index (χ0) is 10.6. The van der Waals surface area contributed by atoms with E-state index in [0.29, 0.717) is 17.9 Å². The van der Waals surface area contributed by atoms with Crippen molar-refractivity contribution in [3.63, 3.8) is 0 Å². The lowest BCUT2D eigenvalue weighted by Crippen LogP contribution is -2.40. The Morgan fingerprint density at radius 3 is 2.43 bits per heavy atom. The Labute approximate surface area is 90.2 Å². The highest BCUT2D eigenvalue weighted by Crippen LogP contribution is 2.19. The highest BCUT2D eigenvalue weighted by atomic mass is 32.2. The fourth-order valence-electron chi connectivity index (χ4n) is 1.60. The molecule has 14 heavy (non-hydrogen) atoms. The molecule has 0 amide bonds. The van der Waals surface area contributed by atoms with Gasteiger partial charge in [0.1, 0.15) is 4.58 Å². The third-order valence-electron chi connectivity index (χ3n) is 2.38. The van der Waals surface area contributed by atoms with Crippen LogP contribution in [0, 0.1) is 0 Å². The summed E-state index contributed by atoms with van der Waals surface area (Å²) in [5.74, 6) is 1.19. The summed E-state index contributed by atoms with van der Waals surface area (Å²) in [5, 5.41) is 9.76. The van der Waals surface area contributed by atoms with Gasteiger partial charge < -0.3 is 5.11 Å². The summed E-state index contributed by atoms with van der Waals surface area (Å²) in [6, 6.07) is 0. The fraction of sp³-hybridized carbons (Fsp3) is 1.00. The SMILES string of the molecule is CCCC[C@H](O)C1S(=O)CCCS1=O. The second-order valence-electron chi connectivity index (χ2n) is 3.60. The van der Waals surface area contributed by atoms with Crippen molar-refractivity contribution < 1.29 is 13.5 Å². The molecule has 0 aromatic rings. The van der Waals surface area contributed by atoms with E-state index in [1.807, 2.05) is 6.92 Å². The first-order chi connectivity index (χ1) is 6.66. The lowest BCUT2D eigenvalue weighted by Gasteiger charge is -2.25. The summed E-state index contributed by atoms with van der Waals surface area (Å²) in [6.45, 7) is 2.04. The normalized spacial score (nSPS) is 35.4. The van der Waals surface area contributed by atoms with Crippen LogP contribution in [-0.2, 0) is 21.6 Å². The maximum Gasteiger partial charge on any atom is 0.136 e. The standard InChI is InChI=1S/C9H18O3S2/c1-2-3-5-8(10)9-13(11)6-4-7-14(9)12/h8-10H,2-7H2,1H3/t8-,9?,13?,14?/m0/s1. The zero-order valence-corrected chi connectivity index (χ0v) is 10.1. The lowest BCUT2D eigenvalue weighted by molar-refractivity contribution is 0.175. The first-order valence-electron chi connectivity index (χ1n) is 5.09. The van der Waals surface area contributed by atoms with Crippen molar-refractivity contribution in [3.8, 4) is 0 Å². The van der Waals surface area contributed by atoms with Crippen LogP contribution in [0.4, 0.5) is 0 Å². The molecule has 84 valence electrons. The molecule has 0 saturated carbocycles. The monoisotopic (exact) mass is 238 g/mol. The molecule has 0 radical (unpaired) electrons. The molecule has 1 saturated heterocycles. The minimum Gasteiger partial charge on any atom is -0.391 e. The van der Waals surface area contributed by atoms with Crippen molar-refractivity contribution in [2.45, 2.75) is 43.3 Å². The number of hydrogen-bond donors (Lipinski definition) is 1. The number of aliphatic hydroxyl groups excluding tert-OH is 1. The van der Waals surface area contributed by atoms with Gasteiger partial charge in [-0.05, 0) is 12.8 Å². The van der Waals surface area contributed by atoms with Crippen molar-refractivity contribution in [2.75, 3.05) is 11.5 Å². The average molecular weight is 238 g/mol. The first-order valence-corrected chi connectivity index (χ1v) is 7.85. The quantitative estimate of drug-likeness (QED) is 0.787. The van der Waals surface area contributed by atoms with Crippen LogP contribution in [-0.4, -0.2) is 35.7 Å². The van der Waals surface area contributed by atoms with E-state index in [-0.39, 0.29) is 0 Å². The van der Waals surface area contributed by atoms with Gasteiger partial charge in [0, 0.05) is 33.1 Å². The highest BCUT2D eigenvalue weighted by molar-refractivity contribution is 8.03. The van der Waals surface area contributed by atoms with E-state index in [0.717, 1.165) is 19.3 Å². The molecular formula is C9H18O3S2. The van der Waals surface area contributed by atoms with Crippen LogP contribution >= 0.6 is 0 Å². The molecule has 0 aromatic heterocycles. The molecule has 1 fully saturated rings. The second-order valence-corrected chi connectivity index (χ2v) is 7.25. The minimum atomic E-state index is -1.09. The van der Waals surface area contributed by atoms with E-state index in [2.05, 4.69) is 0 Å². The fourth-order valence-corrected chi connectivity index (χ4v) is 5.61. The van der Waals surface area contributed by atoms with Crippen molar-refractivity contribution in [2.24, 2.45) is 0 Å². The number of rotatable bonds is 4. The van der Waals surface area contributed by atoms with Crippen molar-refractivity contribution >= 4 is 21.6 Å². The van der Waals surface area contributed by atoms with Crippen molar-refractivity contribution in [1.82, 2.24) is 0 Å². The molecule has 1 aliphatic heterocycles. The maximum atomic E-state index is 11.6. The van der Waals surface area contributed by atoms with Crippen LogP contribution < -0.4 is 0 Å². The molecule has 0 bridgehead atoms. The van der Waals surface area contributed by atoms with Gasteiger partial charge >= 0.3 is 0 Å². The molecule has 2 unspecified atom stereocenters. The lowest BCUT2D eigenvalue weighted by atomic mass is 10.2. The van der Waals surface area contributed by atoms with Gasteiger partial charge in [0.2, 0.25) is 0 Å². The highest BCUT2D eigenvalue weighted by Gasteiger charge is 2.33. The summed E-state index contributed by atoms with van der Waals surface area (Å²) in [4.78, 5) is 0. The Kier molecular flexibility index (Phi) is 5.26. The molecule has 1 aliphatic rings. The molecule has 5 heteroatoms. The predicted molar refractivity (Wildman–Crippen MR) is 60.0 cm³/mol. The van der Waals surface area contributed by atoms with E-state index in [4.69, 9.17) is 0 Å². The van der Waals surface area contributed by atoms with E-state index < -0.39 is 32.3 Å². The van der Waals surface area contributed by atoms with Crippen molar-refractivity contribution in [1.29, 1.82) is 0 Å². The molecule has 0 aliphatic carbocycles. The van der Waals surface area contributed by atoms with Crippen molar-refractivity contribution in [3.05, 3.63) is 0 Å². The molecule has 3 nitrogen and oxygen atoms in total. The molecule has 0 aromatic carbocycles. The van der Waals surface area contributed by atoms with Gasteiger partial charge in [-0.3, -0.25) is 8.42 Å². The molecule has 0 spiro atoms. The Balaban J connectivity index is 2.53. The molecule has 1 rings (SSSR count). The van der Waals surface area contributed by atoms with Crippen LogP contribution in [0.3, 0.4) is 0 Å². The van der Waals surface area contributed by atoms with Gasteiger partial charge in [-0.15, -0.1) is 0 Å². The van der Waals surface area contributed by atoms with Gasteiger partial charge in [0.25, 0.3) is 0 Å². The summed E-state index contributed by atoms with van der Waals surface area (Å²) in [7, 11) is -2.18. The Bertz CT molecular complexity index is 214. The van der Waals surface area contributed by atoms with Gasteiger partial charge in [0.15, 0.2) is 0 Å². The average Bonchev–Trinajstić information content (AvgIpc) is 2.14. The van der Waals surface area contributed by atoms with E-state index >= 15 is 0 Å². The molecular weight excluding hydrogens is 220 g/mol. The Hall–Kier alpha value is 0.260. The van der Waals surface area contributed by atoms with Gasteiger partial charge in [-0.2, -0.15) is 0 Å². The van der Waals surface area contributed by atoms with E-state index in [9.17, 15) is 13.5 Å². The summed E-state index contributed by atoms with van der Waals surface area (Å²) < 4.78 is 22.6. The van der Waals surface area contributed by atoms with Crippen LogP contribution in [0.15, 0.2) is 0 Å². The number of hydrogen-bond acceptors (Lipinski definition) is 3. The smallest absolute Gasteiger partial charge is 0.136 e. The minimum absolute atomic E-state index is 0.490. The summed E-state index contributed by atoms with van der Waals surface area (Å²) in [6.07, 6.45) is 2.65. The third-order valence-corrected chi connectivity index (χ3v) is 6.71. The Morgan fingerprint density at radius 1 is 1.36 bits per heavy atom. The number of aliphatic hydroxyl groups is 1. The van der Waals surface area contributed by atoms with Crippen LogP contribution in [0.25, 0.3) is 0 Å². The summed E-state index contributed by atoms with van der Waals surface area (Å²) in [5.41, 5.74) is 0. The van der Waals surface area contributed by atoms with E-state index in [1.54, 1.807) is 0 Å². The van der Waals surface area contributed by atoms with Crippen LogP contribution in [0.2, 0.25) is 0 Å². The molecule has 1 heterocycles. The molecule has 1 N–H and O–H groups in total. The van der Waals surface area contributed by atoms with Gasteiger partial charge in [-0.1, -0.05) is 19.8 Å². The van der Waals surface area contributed by atoms with Crippen LogP contribution in [0.5, 0.6) is 0 Å². The predicted octanol–water partition coefficient (Wildman–Crippen LogP) is 0.765. The number of unbranched alkanes of at least 4 members (excludes halogenated alkanes) is 1. The first kappa shape index (κ1) is 12.3. The third kappa shape index (κ3) is 3.14. The Morgan fingerprint density at radius 2 is 1.93 bits per heavy atom. The zero-order valence-electron chi connectivity index (χ0n) is 8.48. The van der Waals surface area contributed by atoms with Gasteiger partial charge in [0.05, 0.1) is 6.10 Å².